The van der Waals surface area contributed by atoms with E-state index < -0.39 is 12.0 Å². The maximum Gasteiger partial charge on any atom is 0.326 e. The number of aliphatic carboxylic acids is 1. The summed E-state index contributed by atoms with van der Waals surface area (Å²) >= 11 is 0. The Kier molecular flexibility index (Phi) is 2.50. The molecule has 0 bridgehead atoms. The maximum atomic E-state index is 11.0. The largest absolute Gasteiger partial charge is 0.480 e. The predicted molar refractivity (Wildman–Crippen MR) is 56.0 cm³/mol. The minimum absolute atomic E-state index is 0.501. The van der Waals surface area contributed by atoms with Crippen molar-refractivity contribution in [1.82, 2.24) is 9.55 Å². The van der Waals surface area contributed by atoms with E-state index >= 15 is 0 Å². The summed E-state index contributed by atoms with van der Waals surface area (Å²) in [6.45, 7) is 3.60. The van der Waals surface area contributed by atoms with Crippen LogP contribution in [0.1, 0.15) is 43.0 Å². The molecule has 0 aliphatic heterocycles. The Balaban J connectivity index is 2.46. The number of hydrogen-bond donors (Lipinski definition) is 1. The summed E-state index contributed by atoms with van der Waals surface area (Å²) in [5.41, 5.74) is 2.24. The van der Waals surface area contributed by atoms with Crippen molar-refractivity contribution >= 4 is 5.97 Å². The van der Waals surface area contributed by atoms with Crippen LogP contribution in [0.2, 0.25) is 0 Å². The molecule has 0 spiro atoms. The smallest absolute Gasteiger partial charge is 0.326 e. The van der Waals surface area contributed by atoms with E-state index in [0.717, 1.165) is 36.5 Å². The molecule has 82 valence electrons. The molecule has 0 radical (unpaired) electrons. The van der Waals surface area contributed by atoms with Crippen molar-refractivity contribution in [3.05, 3.63) is 17.2 Å². The highest BCUT2D eigenvalue weighted by Crippen LogP contribution is 2.25. The molecule has 1 N–H and O–H groups in total. The number of carboxylic acids is 1. The molecule has 2 rings (SSSR count). The van der Waals surface area contributed by atoms with Crippen molar-refractivity contribution in [1.29, 1.82) is 0 Å². The van der Waals surface area contributed by atoms with Crippen molar-refractivity contribution < 1.29 is 9.90 Å². The minimum Gasteiger partial charge on any atom is -0.480 e. The summed E-state index contributed by atoms with van der Waals surface area (Å²) in [5.74, 6) is 0.0423. The molecule has 1 aliphatic rings. The fraction of sp³-hybridized carbons (Fsp3) is 0.636. The zero-order valence-corrected chi connectivity index (χ0v) is 9.16. The van der Waals surface area contributed by atoms with E-state index in [4.69, 9.17) is 5.11 Å². The van der Waals surface area contributed by atoms with Crippen molar-refractivity contribution in [2.75, 3.05) is 0 Å². The number of aryl methyl sites for hydroxylation is 2. The highest BCUT2D eigenvalue weighted by molar-refractivity contribution is 5.71. The van der Waals surface area contributed by atoms with Crippen LogP contribution in [0.4, 0.5) is 0 Å². The van der Waals surface area contributed by atoms with Gasteiger partial charge in [-0.3, -0.25) is 0 Å². The number of carbonyl (C=O) groups is 1. The quantitative estimate of drug-likeness (QED) is 0.805. The topological polar surface area (TPSA) is 55.1 Å². The lowest BCUT2D eigenvalue weighted by molar-refractivity contribution is -0.140. The zero-order chi connectivity index (χ0) is 11.0. The van der Waals surface area contributed by atoms with Crippen LogP contribution in [0, 0.1) is 6.92 Å². The summed E-state index contributed by atoms with van der Waals surface area (Å²) in [7, 11) is 0. The summed E-state index contributed by atoms with van der Waals surface area (Å²) in [6, 6.07) is -0.501. The van der Waals surface area contributed by atoms with Gasteiger partial charge in [-0.2, -0.15) is 0 Å². The Bertz CT molecular complexity index is 396. The van der Waals surface area contributed by atoms with Gasteiger partial charge in [0.2, 0.25) is 0 Å². The Labute approximate surface area is 88.9 Å². The van der Waals surface area contributed by atoms with Gasteiger partial charge >= 0.3 is 5.97 Å². The minimum atomic E-state index is -0.788. The van der Waals surface area contributed by atoms with Crippen LogP contribution in [0.3, 0.4) is 0 Å². The second kappa shape index (κ2) is 3.68. The molecule has 0 saturated carbocycles. The molecule has 0 unspecified atom stereocenters. The average molecular weight is 208 g/mol. The van der Waals surface area contributed by atoms with Crippen LogP contribution in [-0.2, 0) is 17.6 Å². The molecule has 4 heteroatoms. The number of aromatic nitrogens is 2. The van der Waals surface area contributed by atoms with Gasteiger partial charge in [-0.1, -0.05) is 0 Å². The fourth-order valence-corrected chi connectivity index (χ4v) is 2.32. The first kappa shape index (κ1) is 10.2. The standard InChI is InChI=1S/C11H16N2O2/c1-7(11(14)15)13-8(2)12-9-5-3-4-6-10(9)13/h7H,3-6H2,1-2H3,(H,14,15)/t7-/m1/s1. The Morgan fingerprint density at radius 2 is 2.13 bits per heavy atom. The number of carboxylic acid groups (broad SMARTS) is 1. The molecule has 1 heterocycles. The molecule has 0 saturated heterocycles. The summed E-state index contributed by atoms with van der Waals surface area (Å²) in [6.07, 6.45) is 4.28. The van der Waals surface area contributed by atoms with Crippen molar-refractivity contribution in [2.24, 2.45) is 0 Å². The van der Waals surface area contributed by atoms with E-state index in [1.165, 1.54) is 6.42 Å². The van der Waals surface area contributed by atoms with E-state index in [2.05, 4.69) is 4.98 Å². The number of rotatable bonds is 2. The van der Waals surface area contributed by atoms with Gasteiger partial charge in [0, 0.05) is 5.69 Å². The molecule has 0 aromatic carbocycles. The predicted octanol–water partition coefficient (Wildman–Crippen LogP) is 1.72. The Morgan fingerprint density at radius 1 is 1.47 bits per heavy atom. The van der Waals surface area contributed by atoms with Gasteiger partial charge in [0.15, 0.2) is 0 Å². The van der Waals surface area contributed by atoms with E-state index in [0.29, 0.717) is 0 Å². The van der Waals surface area contributed by atoms with Gasteiger partial charge in [0.1, 0.15) is 11.9 Å². The third-order valence-electron chi connectivity index (χ3n) is 3.09. The molecule has 0 amide bonds. The molecule has 1 aromatic heterocycles. The van der Waals surface area contributed by atoms with Crippen LogP contribution in [0.5, 0.6) is 0 Å². The van der Waals surface area contributed by atoms with Crippen molar-refractivity contribution in [3.63, 3.8) is 0 Å². The first-order valence-electron chi connectivity index (χ1n) is 5.40. The van der Waals surface area contributed by atoms with Gasteiger partial charge < -0.3 is 9.67 Å². The number of imidazole rings is 1. The lowest BCUT2D eigenvalue weighted by Crippen LogP contribution is -2.20. The maximum absolute atomic E-state index is 11.0. The summed E-state index contributed by atoms with van der Waals surface area (Å²) in [4.78, 5) is 15.4. The summed E-state index contributed by atoms with van der Waals surface area (Å²) in [5, 5.41) is 9.03. The molecule has 15 heavy (non-hydrogen) atoms. The van der Waals surface area contributed by atoms with Gasteiger partial charge in [0.05, 0.1) is 5.69 Å². The highest BCUT2D eigenvalue weighted by Gasteiger charge is 2.24. The highest BCUT2D eigenvalue weighted by atomic mass is 16.4. The van der Waals surface area contributed by atoms with Gasteiger partial charge in [-0.15, -0.1) is 0 Å². The van der Waals surface area contributed by atoms with Crippen molar-refractivity contribution in [2.45, 2.75) is 45.6 Å². The lowest BCUT2D eigenvalue weighted by Gasteiger charge is -2.17. The van der Waals surface area contributed by atoms with Crippen LogP contribution in [-0.4, -0.2) is 20.6 Å². The molecule has 4 nitrogen and oxygen atoms in total. The normalized spacial score (nSPS) is 17.2. The molecular formula is C11H16N2O2. The average Bonchev–Trinajstić information content (AvgIpc) is 2.52. The van der Waals surface area contributed by atoms with Crippen molar-refractivity contribution in [3.8, 4) is 0 Å². The molecule has 1 aliphatic carbocycles. The number of nitrogens with zero attached hydrogens (tertiary/aromatic N) is 2. The first-order chi connectivity index (χ1) is 7.11. The van der Waals surface area contributed by atoms with Crippen LogP contribution >= 0.6 is 0 Å². The van der Waals surface area contributed by atoms with E-state index in [1.807, 2.05) is 11.5 Å². The van der Waals surface area contributed by atoms with Crippen LogP contribution in [0.15, 0.2) is 0 Å². The monoisotopic (exact) mass is 208 g/mol. The molecule has 0 fully saturated rings. The molecule has 1 atom stereocenters. The van der Waals surface area contributed by atoms with Crippen LogP contribution in [0.25, 0.3) is 0 Å². The summed E-state index contributed by atoms with van der Waals surface area (Å²) < 4.78 is 1.87. The third kappa shape index (κ3) is 1.64. The molecular weight excluding hydrogens is 192 g/mol. The number of fused-ring (bicyclic) bond motifs is 1. The Morgan fingerprint density at radius 3 is 2.80 bits per heavy atom. The lowest BCUT2D eigenvalue weighted by atomic mass is 10.0. The second-order valence-electron chi connectivity index (χ2n) is 4.14. The fourth-order valence-electron chi connectivity index (χ4n) is 2.32. The van der Waals surface area contributed by atoms with E-state index in [-0.39, 0.29) is 0 Å². The third-order valence-corrected chi connectivity index (χ3v) is 3.09. The van der Waals surface area contributed by atoms with Crippen LogP contribution < -0.4 is 0 Å². The SMILES string of the molecule is Cc1nc2c(n1[C@H](C)C(=O)O)CCCC2. The van der Waals surface area contributed by atoms with Gasteiger partial charge in [-0.25, -0.2) is 9.78 Å². The van der Waals surface area contributed by atoms with E-state index in [9.17, 15) is 4.79 Å². The number of hydrogen-bond acceptors (Lipinski definition) is 2. The van der Waals surface area contributed by atoms with Gasteiger partial charge in [-0.05, 0) is 39.5 Å². The first-order valence-corrected chi connectivity index (χ1v) is 5.40. The molecule has 1 aromatic rings. The van der Waals surface area contributed by atoms with Gasteiger partial charge in [0.25, 0.3) is 0 Å². The zero-order valence-electron chi connectivity index (χ0n) is 9.16. The van der Waals surface area contributed by atoms with E-state index in [1.54, 1.807) is 6.92 Å². The Hall–Kier alpha value is -1.32. The second-order valence-corrected chi connectivity index (χ2v) is 4.14.